The van der Waals surface area contributed by atoms with Crippen LogP contribution < -0.4 is 0 Å². The van der Waals surface area contributed by atoms with Gasteiger partial charge < -0.3 is 4.74 Å². The van der Waals surface area contributed by atoms with Crippen molar-refractivity contribution in [1.29, 1.82) is 0 Å². The van der Waals surface area contributed by atoms with Gasteiger partial charge in [0, 0.05) is 0 Å². The smallest absolute Gasteiger partial charge is 0.310 e. The van der Waals surface area contributed by atoms with Crippen molar-refractivity contribution in [3.05, 3.63) is 35.1 Å². The van der Waals surface area contributed by atoms with Crippen molar-refractivity contribution < 1.29 is 13.9 Å². The number of carbonyl (C=O) groups excluding carboxylic acids is 1. The van der Waals surface area contributed by atoms with Crippen molar-refractivity contribution in [2.24, 2.45) is 0 Å². The average molecular weight is 196 g/mol. The van der Waals surface area contributed by atoms with Crippen molar-refractivity contribution in [2.45, 2.75) is 20.3 Å². The zero-order chi connectivity index (χ0) is 10.6. The molecule has 1 rings (SSSR count). The Morgan fingerprint density at radius 3 is 2.86 bits per heavy atom. The van der Waals surface area contributed by atoms with Crippen LogP contribution in [0.3, 0.4) is 0 Å². The topological polar surface area (TPSA) is 26.3 Å². The number of hydrogen-bond acceptors (Lipinski definition) is 2. The quantitative estimate of drug-likeness (QED) is 0.693. The summed E-state index contributed by atoms with van der Waals surface area (Å²) in [5, 5.41) is 0. The maximum atomic E-state index is 13.4. The lowest BCUT2D eigenvalue weighted by Gasteiger charge is -2.04. The van der Waals surface area contributed by atoms with Gasteiger partial charge in [0.2, 0.25) is 0 Å². The number of halogens is 1. The highest BCUT2D eigenvalue weighted by Crippen LogP contribution is 2.12. The molecule has 0 unspecified atom stereocenters. The third-order valence-electron chi connectivity index (χ3n) is 1.91. The first kappa shape index (κ1) is 10.7. The molecule has 0 fully saturated rings. The lowest BCUT2D eigenvalue weighted by Crippen LogP contribution is -2.09. The summed E-state index contributed by atoms with van der Waals surface area (Å²) in [4.78, 5) is 11.1. The minimum atomic E-state index is -0.392. The molecule has 0 bridgehead atoms. The normalized spacial score (nSPS) is 9.93. The molecule has 14 heavy (non-hydrogen) atoms. The van der Waals surface area contributed by atoms with Gasteiger partial charge >= 0.3 is 5.97 Å². The number of rotatable bonds is 3. The van der Waals surface area contributed by atoms with E-state index in [2.05, 4.69) is 0 Å². The molecule has 0 amide bonds. The van der Waals surface area contributed by atoms with E-state index in [1.165, 1.54) is 0 Å². The zero-order valence-corrected chi connectivity index (χ0v) is 8.34. The molecule has 0 aromatic heterocycles. The van der Waals surface area contributed by atoms with Crippen molar-refractivity contribution in [3.63, 3.8) is 0 Å². The van der Waals surface area contributed by atoms with Gasteiger partial charge in [-0.2, -0.15) is 0 Å². The fraction of sp³-hybridized carbons (Fsp3) is 0.364. The van der Waals surface area contributed by atoms with Crippen LogP contribution in [0.1, 0.15) is 18.1 Å². The number of ether oxygens (including phenoxy) is 1. The second-order valence-electron chi connectivity index (χ2n) is 3.03. The molecule has 3 heteroatoms. The van der Waals surface area contributed by atoms with Crippen LogP contribution >= 0.6 is 0 Å². The van der Waals surface area contributed by atoms with E-state index in [1.807, 2.05) is 0 Å². The molecule has 0 saturated heterocycles. The first-order valence-corrected chi connectivity index (χ1v) is 4.54. The number of hydrogen-bond donors (Lipinski definition) is 0. The molecule has 0 aliphatic rings. The Bertz CT molecular complexity index is 334. The van der Waals surface area contributed by atoms with Crippen molar-refractivity contribution in [3.8, 4) is 0 Å². The Kier molecular flexibility index (Phi) is 3.63. The van der Waals surface area contributed by atoms with Crippen LogP contribution in [0, 0.1) is 12.7 Å². The van der Waals surface area contributed by atoms with Crippen LogP contribution in [0.25, 0.3) is 0 Å². The van der Waals surface area contributed by atoms with E-state index in [0.29, 0.717) is 17.7 Å². The van der Waals surface area contributed by atoms with E-state index in [9.17, 15) is 9.18 Å². The molecule has 0 N–H and O–H groups in total. The summed E-state index contributed by atoms with van der Waals surface area (Å²) >= 11 is 0. The molecule has 0 spiro atoms. The number of carbonyl (C=O) groups is 1. The lowest BCUT2D eigenvalue weighted by molar-refractivity contribution is -0.142. The molecule has 0 aliphatic heterocycles. The predicted octanol–water partition coefficient (Wildman–Crippen LogP) is 2.24. The van der Waals surface area contributed by atoms with Gasteiger partial charge in [-0.25, -0.2) is 4.39 Å². The third kappa shape index (κ3) is 2.55. The highest BCUT2D eigenvalue weighted by atomic mass is 19.1. The minimum absolute atomic E-state index is 0.00134. The van der Waals surface area contributed by atoms with Crippen LogP contribution in [0.4, 0.5) is 4.39 Å². The third-order valence-corrected chi connectivity index (χ3v) is 1.91. The fourth-order valence-electron chi connectivity index (χ4n) is 1.21. The summed E-state index contributed by atoms with van der Waals surface area (Å²) < 4.78 is 18.1. The van der Waals surface area contributed by atoms with Crippen LogP contribution in [0.2, 0.25) is 0 Å². The predicted molar refractivity (Wildman–Crippen MR) is 51.5 cm³/mol. The Morgan fingerprint density at radius 1 is 1.50 bits per heavy atom. The molecule has 0 atom stereocenters. The Labute approximate surface area is 82.7 Å². The number of benzene rings is 1. The maximum absolute atomic E-state index is 13.4. The van der Waals surface area contributed by atoms with E-state index < -0.39 is 5.97 Å². The molecule has 0 heterocycles. The average Bonchev–Trinajstić information content (AvgIpc) is 2.13. The van der Waals surface area contributed by atoms with Crippen LogP contribution in [0.15, 0.2) is 18.2 Å². The second-order valence-corrected chi connectivity index (χ2v) is 3.03. The first-order valence-electron chi connectivity index (χ1n) is 4.54. The second kappa shape index (κ2) is 4.74. The van der Waals surface area contributed by atoms with E-state index in [0.717, 1.165) is 0 Å². The lowest BCUT2D eigenvalue weighted by atomic mass is 10.1. The monoisotopic (exact) mass is 196 g/mol. The largest absolute Gasteiger partial charge is 0.466 e. The molecule has 1 aromatic rings. The summed E-state index contributed by atoms with van der Waals surface area (Å²) in [5.74, 6) is -0.711. The van der Waals surface area contributed by atoms with E-state index in [-0.39, 0.29) is 12.2 Å². The molecule has 76 valence electrons. The van der Waals surface area contributed by atoms with Gasteiger partial charge in [-0.1, -0.05) is 18.2 Å². The van der Waals surface area contributed by atoms with Gasteiger partial charge in [0.15, 0.2) is 0 Å². The highest BCUT2D eigenvalue weighted by molar-refractivity contribution is 5.72. The van der Waals surface area contributed by atoms with Crippen LogP contribution in [0.5, 0.6) is 0 Å². The molecular formula is C11H13FO2. The molecule has 0 saturated carbocycles. The summed E-state index contributed by atoms with van der Waals surface area (Å²) in [6, 6.07) is 5.00. The number of aryl methyl sites for hydroxylation is 1. The minimum Gasteiger partial charge on any atom is -0.466 e. The standard InChI is InChI=1S/C11H13FO2/c1-3-14-10(13)7-9-6-4-5-8(2)11(9)12/h4-6H,3,7H2,1-2H3. The molecule has 2 nitrogen and oxygen atoms in total. The van der Waals surface area contributed by atoms with Gasteiger partial charge in [0.1, 0.15) is 5.82 Å². The van der Waals surface area contributed by atoms with Crippen molar-refractivity contribution in [1.82, 2.24) is 0 Å². The fourth-order valence-corrected chi connectivity index (χ4v) is 1.21. The summed E-state index contributed by atoms with van der Waals surface area (Å²) in [5.41, 5.74) is 0.940. The molecule has 1 aromatic carbocycles. The van der Waals surface area contributed by atoms with Gasteiger partial charge in [0.05, 0.1) is 13.0 Å². The van der Waals surface area contributed by atoms with Crippen LogP contribution in [-0.2, 0) is 16.0 Å². The van der Waals surface area contributed by atoms with Gasteiger partial charge in [0.25, 0.3) is 0 Å². The molecular weight excluding hydrogens is 183 g/mol. The van der Waals surface area contributed by atoms with Crippen molar-refractivity contribution in [2.75, 3.05) is 6.61 Å². The SMILES string of the molecule is CCOC(=O)Cc1cccc(C)c1F. The first-order chi connectivity index (χ1) is 6.65. The Hall–Kier alpha value is -1.38. The maximum Gasteiger partial charge on any atom is 0.310 e. The summed E-state index contributed by atoms with van der Waals surface area (Å²) in [6.45, 7) is 3.72. The Morgan fingerprint density at radius 2 is 2.21 bits per heavy atom. The van der Waals surface area contributed by atoms with Gasteiger partial charge in [-0.05, 0) is 25.0 Å². The van der Waals surface area contributed by atoms with E-state index in [4.69, 9.17) is 4.74 Å². The molecule has 0 aliphatic carbocycles. The van der Waals surface area contributed by atoms with Crippen molar-refractivity contribution >= 4 is 5.97 Å². The highest BCUT2D eigenvalue weighted by Gasteiger charge is 2.09. The molecule has 0 radical (unpaired) electrons. The number of esters is 1. The van der Waals surface area contributed by atoms with Crippen LogP contribution in [-0.4, -0.2) is 12.6 Å². The zero-order valence-electron chi connectivity index (χ0n) is 8.34. The van der Waals surface area contributed by atoms with E-state index in [1.54, 1.807) is 32.0 Å². The Balaban J connectivity index is 2.76. The summed E-state index contributed by atoms with van der Waals surface area (Å²) in [7, 11) is 0. The van der Waals surface area contributed by atoms with Gasteiger partial charge in [-0.3, -0.25) is 4.79 Å². The van der Waals surface area contributed by atoms with Gasteiger partial charge in [-0.15, -0.1) is 0 Å². The van der Waals surface area contributed by atoms with E-state index >= 15 is 0 Å². The summed E-state index contributed by atoms with van der Waals surface area (Å²) in [6.07, 6.45) is 0.00134.